The largest absolute Gasteiger partial charge is 0.466 e. The van der Waals surface area contributed by atoms with Crippen molar-refractivity contribution in [2.75, 3.05) is 7.11 Å². The smallest absolute Gasteiger partial charge is 0.336 e. The average molecular weight is 182 g/mol. The van der Waals surface area contributed by atoms with Crippen LogP contribution in [0.2, 0.25) is 0 Å². The number of ether oxygens (including phenoxy) is 2. The number of allylic oxidation sites excluding steroid dienone is 1. The molecule has 1 rings (SSSR count). The number of methoxy groups -OCH3 is 1. The van der Waals surface area contributed by atoms with E-state index in [9.17, 15) is 9.59 Å². The van der Waals surface area contributed by atoms with Crippen molar-refractivity contribution in [2.45, 2.75) is 12.2 Å². The molecule has 0 amide bonds. The van der Waals surface area contributed by atoms with E-state index in [1.54, 1.807) is 6.08 Å². The first-order valence-electron chi connectivity index (χ1n) is 3.76. The summed E-state index contributed by atoms with van der Waals surface area (Å²) in [5.41, 5.74) is 0.238. The molecule has 0 aliphatic carbocycles. The van der Waals surface area contributed by atoms with Gasteiger partial charge >= 0.3 is 5.97 Å². The van der Waals surface area contributed by atoms with Gasteiger partial charge in [-0.15, -0.1) is 6.58 Å². The minimum Gasteiger partial charge on any atom is -0.466 e. The Balaban J connectivity index is 2.71. The van der Waals surface area contributed by atoms with Gasteiger partial charge in [-0.25, -0.2) is 4.79 Å². The lowest BCUT2D eigenvalue weighted by Crippen LogP contribution is -2.11. The average Bonchev–Trinajstić information content (AvgIpc) is 2.92. The fourth-order valence-electron chi connectivity index (χ4n) is 1.02. The minimum atomic E-state index is -0.540. The summed E-state index contributed by atoms with van der Waals surface area (Å²) in [6.07, 6.45) is 2.72. The van der Waals surface area contributed by atoms with Crippen molar-refractivity contribution in [3.63, 3.8) is 0 Å². The highest BCUT2D eigenvalue weighted by molar-refractivity contribution is 5.94. The summed E-state index contributed by atoms with van der Waals surface area (Å²) in [6, 6.07) is 0. The zero-order valence-corrected chi connectivity index (χ0v) is 7.23. The van der Waals surface area contributed by atoms with Gasteiger partial charge in [0, 0.05) is 0 Å². The Bertz CT molecular complexity index is 267. The van der Waals surface area contributed by atoms with Crippen LogP contribution >= 0.6 is 0 Å². The lowest BCUT2D eigenvalue weighted by molar-refractivity contribution is -0.136. The normalized spacial score (nSPS) is 26.4. The van der Waals surface area contributed by atoms with Gasteiger partial charge in [-0.3, -0.25) is 4.79 Å². The zero-order chi connectivity index (χ0) is 9.84. The summed E-state index contributed by atoms with van der Waals surface area (Å²) in [5, 5.41) is 0. The molecular weight excluding hydrogens is 172 g/mol. The lowest BCUT2D eigenvalue weighted by atomic mass is 10.1. The summed E-state index contributed by atoms with van der Waals surface area (Å²) >= 11 is 0. The highest BCUT2D eigenvalue weighted by atomic mass is 16.6. The van der Waals surface area contributed by atoms with Crippen molar-refractivity contribution in [2.24, 2.45) is 0 Å². The van der Waals surface area contributed by atoms with Crippen LogP contribution in [0.25, 0.3) is 0 Å². The predicted molar refractivity (Wildman–Crippen MR) is 45.0 cm³/mol. The van der Waals surface area contributed by atoms with Crippen LogP contribution in [0.1, 0.15) is 0 Å². The molecule has 70 valence electrons. The lowest BCUT2D eigenvalue weighted by Gasteiger charge is -1.98. The summed E-state index contributed by atoms with van der Waals surface area (Å²) in [6.45, 7) is 3.51. The molecule has 0 aromatic heterocycles. The maximum absolute atomic E-state index is 11.1. The summed E-state index contributed by atoms with van der Waals surface area (Å²) < 4.78 is 9.54. The van der Waals surface area contributed by atoms with Crippen LogP contribution in [-0.2, 0) is 19.1 Å². The quantitative estimate of drug-likeness (QED) is 0.205. The standard InChI is InChI=1S/C9H10O4/c1-3-7-8(13-7)6(4-5-10)9(11)12-2/h3-5,7-8H,1H2,2H3/b6-4-. The zero-order valence-electron chi connectivity index (χ0n) is 7.23. The first-order chi connectivity index (χ1) is 6.24. The summed E-state index contributed by atoms with van der Waals surface area (Å²) in [4.78, 5) is 21.3. The molecular formula is C9H10O4. The first-order valence-corrected chi connectivity index (χ1v) is 3.76. The summed E-state index contributed by atoms with van der Waals surface area (Å²) in [5.74, 6) is -0.540. The Morgan fingerprint density at radius 3 is 2.69 bits per heavy atom. The van der Waals surface area contributed by atoms with Crippen LogP contribution < -0.4 is 0 Å². The van der Waals surface area contributed by atoms with Gasteiger partial charge in [0.2, 0.25) is 0 Å². The van der Waals surface area contributed by atoms with Gasteiger partial charge in [0.1, 0.15) is 18.5 Å². The van der Waals surface area contributed by atoms with Crippen LogP contribution in [0, 0.1) is 0 Å². The third-order valence-corrected chi connectivity index (χ3v) is 1.73. The second-order valence-electron chi connectivity index (χ2n) is 2.51. The van der Waals surface area contributed by atoms with Crippen molar-refractivity contribution in [3.05, 3.63) is 24.3 Å². The predicted octanol–water partition coefficient (Wildman–Crippen LogP) is 0.238. The molecule has 1 aliphatic rings. The van der Waals surface area contributed by atoms with Crippen LogP contribution in [-0.4, -0.2) is 31.6 Å². The van der Waals surface area contributed by atoms with Gasteiger partial charge in [-0.1, -0.05) is 6.08 Å². The number of carbonyl (C=O) groups excluding carboxylic acids is 2. The molecule has 0 aromatic carbocycles. The van der Waals surface area contributed by atoms with Crippen LogP contribution in [0.4, 0.5) is 0 Å². The monoisotopic (exact) mass is 182 g/mol. The van der Waals surface area contributed by atoms with Crippen molar-refractivity contribution >= 4 is 12.3 Å². The molecule has 4 heteroatoms. The molecule has 2 atom stereocenters. The van der Waals surface area contributed by atoms with Gasteiger partial charge in [-0.05, 0) is 6.08 Å². The van der Waals surface area contributed by atoms with E-state index >= 15 is 0 Å². The molecule has 1 heterocycles. The van der Waals surface area contributed by atoms with E-state index in [1.165, 1.54) is 7.11 Å². The molecule has 0 aromatic rings. The Labute approximate surface area is 75.8 Å². The molecule has 4 nitrogen and oxygen atoms in total. The van der Waals surface area contributed by atoms with E-state index < -0.39 is 5.97 Å². The first kappa shape index (κ1) is 9.67. The molecule has 0 N–H and O–H groups in total. The highest BCUT2D eigenvalue weighted by Gasteiger charge is 2.42. The Morgan fingerprint density at radius 2 is 2.31 bits per heavy atom. The molecule has 0 spiro atoms. The Morgan fingerprint density at radius 1 is 1.62 bits per heavy atom. The van der Waals surface area contributed by atoms with Crippen molar-refractivity contribution < 1.29 is 19.1 Å². The van der Waals surface area contributed by atoms with E-state index in [0.29, 0.717) is 6.29 Å². The van der Waals surface area contributed by atoms with Gasteiger partial charge in [0.05, 0.1) is 12.7 Å². The number of aldehydes is 1. The Kier molecular flexibility index (Phi) is 2.97. The number of esters is 1. The number of hydrogen-bond acceptors (Lipinski definition) is 4. The van der Waals surface area contributed by atoms with E-state index in [4.69, 9.17) is 4.74 Å². The van der Waals surface area contributed by atoms with E-state index in [2.05, 4.69) is 11.3 Å². The minimum absolute atomic E-state index is 0.176. The number of epoxide rings is 1. The number of hydrogen-bond donors (Lipinski definition) is 0. The molecule has 0 radical (unpaired) electrons. The van der Waals surface area contributed by atoms with Crippen LogP contribution in [0.15, 0.2) is 24.3 Å². The molecule has 1 fully saturated rings. The second kappa shape index (κ2) is 4.00. The number of rotatable bonds is 4. The highest BCUT2D eigenvalue weighted by Crippen LogP contribution is 2.30. The van der Waals surface area contributed by atoms with Gasteiger partial charge < -0.3 is 9.47 Å². The van der Waals surface area contributed by atoms with Crippen molar-refractivity contribution in [1.29, 1.82) is 0 Å². The van der Waals surface area contributed by atoms with Crippen molar-refractivity contribution in [1.82, 2.24) is 0 Å². The SMILES string of the molecule is C=CC1OC1/C(=C/C=O)C(=O)OC. The third-order valence-electron chi connectivity index (χ3n) is 1.73. The summed E-state index contributed by atoms with van der Waals surface area (Å²) in [7, 11) is 1.26. The molecule has 2 unspecified atom stereocenters. The van der Waals surface area contributed by atoms with Crippen LogP contribution in [0.3, 0.4) is 0 Å². The van der Waals surface area contributed by atoms with Gasteiger partial charge in [0.15, 0.2) is 0 Å². The maximum Gasteiger partial charge on any atom is 0.336 e. The molecule has 0 bridgehead atoms. The molecule has 13 heavy (non-hydrogen) atoms. The third kappa shape index (κ3) is 2.03. The maximum atomic E-state index is 11.1. The van der Waals surface area contributed by atoms with E-state index in [1.807, 2.05) is 0 Å². The molecule has 1 aliphatic heterocycles. The second-order valence-corrected chi connectivity index (χ2v) is 2.51. The van der Waals surface area contributed by atoms with Crippen molar-refractivity contribution in [3.8, 4) is 0 Å². The fraction of sp³-hybridized carbons (Fsp3) is 0.333. The molecule has 1 saturated heterocycles. The van der Waals surface area contributed by atoms with E-state index in [-0.39, 0.29) is 17.8 Å². The molecule has 0 saturated carbocycles. The Hall–Kier alpha value is -1.42. The topological polar surface area (TPSA) is 55.9 Å². The van der Waals surface area contributed by atoms with E-state index in [0.717, 1.165) is 6.08 Å². The van der Waals surface area contributed by atoms with Gasteiger partial charge in [-0.2, -0.15) is 0 Å². The van der Waals surface area contributed by atoms with Gasteiger partial charge in [0.25, 0.3) is 0 Å². The number of carbonyl (C=O) groups is 2. The fourth-order valence-corrected chi connectivity index (χ4v) is 1.02. The van der Waals surface area contributed by atoms with Crippen LogP contribution in [0.5, 0.6) is 0 Å².